The number of terminal acetylenes is 1. The molecule has 1 atom stereocenters. The summed E-state index contributed by atoms with van der Waals surface area (Å²) in [5, 5.41) is 3.07. The summed E-state index contributed by atoms with van der Waals surface area (Å²) in [7, 11) is -3.22. The molecule has 0 radical (unpaired) electrons. The highest BCUT2D eigenvalue weighted by Crippen LogP contribution is 1.99. The van der Waals surface area contributed by atoms with Crippen molar-refractivity contribution in [1.29, 1.82) is 0 Å². The molecule has 0 heterocycles. The van der Waals surface area contributed by atoms with Gasteiger partial charge in [0.15, 0.2) is 0 Å². The molecule has 16 heavy (non-hydrogen) atoms. The highest BCUT2D eigenvalue weighted by molar-refractivity contribution is 7.89. The third-order valence-electron chi connectivity index (χ3n) is 2.13. The Balaban J connectivity index is 4.08. The Kier molecular flexibility index (Phi) is 7.39. The summed E-state index contributed by atoms with van der Waals surface area (Å²) >= 11 is 0. The molecule has 0 aromatic heterocycles. The molecule has 4 nitrogen and oxygen atoms in total. The highest BCUT2D eigenvalue weighted by atomic mass is 32.2. The molecular formula is C11H22N2O2S. The first-order chi connectivity index (χ1) is 7.41. The van der Waals surface area contributed by atoms with Crippen LogP contribution in [0.5, 0.6) is 0 Å². The Hall–Kier alpha value is -0.570. The lowest BCUT2D eigenvalue weighted by Gasteiger charge is -2.15. The van der Waals surface area contributed by atoms with Crippen LogP contribution in [0.1, 0.15) is 33.6 Å². The number of hydrogen-bond acceptors (Lipinski definition) is 3. The molecular weight excluding hydrogens is 224 g/mol. The van der Waals surface area contributed by atoms with Gasteiger partial charge in [-0.05, 0) is 6.42 Å². The van der Waals surface area contributed by atoms with E-state index in [-0.39, 0.29) is 11.8 Å². The van der Waals surface area contributed by atoms with Gasteiger partial charge in [0.05, 0.1) is 5.75 Å². The first kappa shape index (κ1) is 15.4. The van der Waals surface area contributed by atoms with E-state index in [1.807, 2.05) is 20.8 Å². The third-order valence-corrected chi connectivity index (χ3v) is 3.56. The van der Waals surface area contributed by atoms with Gasteiger partial charge >= 0.3 is 0 Å². The molecule has 1 unspecified atom stereocenters. The molecule has 0 aromatic rings. The second-order valence-corrected chi connectivity index (χ2v) is 5.93. The van der Waals surface area contributed by atoms with Crippen LogP contribution < -0.4 is 10.0 Å². The van der Waals surface area contributed by atoms with Gasteiger partial charge in [-0.1, -0.05) is 20.8 Å². The van der Waals surface area contributed by atoms with E-state index in [0.29, 0.717) is 25.4 Å². The van der Waals surface area contributed by atoms with E-state index < -0.39 is 10.0 Å². The van der Waals surface area contributed by atoms with Gasteiger partial charge in [-0.25, -0.2) is 13.1 Å². The van der Waals surface area contributed by atoms with Gasteiger partial charge in [0.2, 0.25) is 10.0 Å². The van der Waals surface area contributed by atoms with Gasteiger partial charge in [-0.15, -0.1) is 12.3 Å². The summed E-state index contributed by atoms with van der Waals surface area (Å²) in [4.78, 5) is 0. The normalized spacial score (nSPS) is 13.7. The van der Waals surface area contributed by atoms with E-state index in [0.717, 1.165) is 0 Å². The van der Waals surface area contributed by atoms with Gasteiger partial charge in [0.25, 0.3) is 0 Å². The van der Waals surface area contributed by atoms with Crippen molar-refractivity contribution in [3.05, 3.63) is 0 Å². The fraction of sp³-hybridized carbons (Fsp3) is 0.818. The van der Waals surface area contributed by atoms with E-state index in [2.05, 4.69) is 16.0 Å². The monoisotopic (exact) mass is 246 g/mol. The second-order valence-electron chi connectivity index (χ2n) is 4.06. The van der Waals surface area contributed by atoms with Gasteiger partial charge < -0.3 is 5.32 Å². The largest absolute Gasteiger partial charge is 0.313 e. The summed E-state index contributed by atoms with van der Waals surface area (Å²) < 4.78 is 25.9. The average molecular weight is 246 g/mol. The third kappa shape index (κ3) is 7.69. The molecule has 0 rings (SSSR count). The SMILES string of the molecule is C#CCC(CC)NS(=O)(=O)CCNC(C)C. The minimum absolute atomic E-state index is 0.0895. The zero-order valence-electron chi connectivity index (χ0n) is 10.3. The molecule has 94 valence electrons. The van der Waals surface area contributed by atoms with E-state index in [1.54, 1.807) is 0 Å². The molecule has 0 saturated carbocycles. The van der Waals surface area contributed by atoms with Crippen molar-refractivity contribution < 1.29 is 8.42 Å². The summed E-state index contributed by atoms with van der Waals surface area (Å²) in [6.07, 6.45) is 6.31. The second kappa shape index (κ2) is 7.66. The van der Waals surface area contributed by atoms with E-state index in [1.165, 1.54) is 0 Å². The smallest absolute Gasteiger partial charge is 0.213 e. The molecule has 5 heteroatoms. The first-order valence-corrected chi connectivity index (χ1v) is 7.23. The zero-order valence-corrected chi connectivity index (χ0v) is 11.1. The quantitative estimate of drug-likeness (QED) is 0.620. The fourth-order valence-electron chi connectivity index (χ4n) is 1.21. The van der Waals surface area contributed by atoms with Crippen LogP contribution in [0.15, 0.2) is 0 Å². The Bertz CT molecular complexity index is 317. The Labute approximate surface area is 99.2 Å². The van der Waals surface area contributed by atoms with Crippen LogP contribution in [-0.2, 0) is 10.0 Å². The topological polar surface area (TPSA) is 58.2 Å². The lowest BCUT2D eigenvalue weighted by Crippen LogP contribution is -2.39. The Morgan fingerprint density at radius 3 is 2.44 bits per heavy atom. The molecule has 0 fully saturated rings. The molecule has 0 spiro atoms. The maximum absolute atomic E-state index is 11.6. The number of hydrogen-bond donors (Lipinski definition) is 2. The average Bonchev–Trinajstić information content (AvgIpc) is 2.15. The van der Waals surface area contributed by atoms with Gasteiger partial charge in [0.1, 0.15) is 0 Å². The van der Waals surface area contributed by atoms with Gasteiger partial charge in [-0.2, -0.15) is 0 Å². The Morgan fingerprint density at radius 1 is 1.38 bits per heavy atom. The minimum Gasteiger partial charge on any atom is -0.313 e. The van der Waals surface area contributed by atoms with E-state index in [4.69, 9.17) is 6.42 Å². The lowest BCUT2D eigenvalue weighted by atomic mass is 10.2. The fourth-order valence-corrected chi connectivity index (χ4v) is 2.47. The van der Waals surface area contributed by atoms with Crippen molar-refractivity contribution in [2.75, 3.05) is 12.3 Å². The minimum atomic E-state index is -3.22. The summed E-state index contributed by atoms with van der Waals surface area (Å²) in [6, 6.07) is 0.150. The van der Waals surface area contributed by atoms with Crippen LogP contribution in [0.3, 0.4) is 0 Å². The maximum atomic E-state index is 11.6. The van der Waals surface area contributed by atoms with Crippen LogP contribution in [0.4, 0.5) is 0 Å². The van der Waals surface area contributed by atoms with E-state index >= 15 is 0 Å². The van der Waals surface area contributed by atoms with Crippen LogP contribution in [-0.4, -0.2) is 32.8 Å². The molecule has 0 saturated heterocycles. The molecule has 0 aromatic carbocycles. The molecule has 0 amide bonds. The summed E-state index contributed by atoms with van der Waals surface area (Å²) in [5.41, 5.74) is 0. The molecule has 0 aliphatic rings. The van der Waals surface area contributed by atoms with Crippen molar-refractivity contribution >= 4 is 10.0 Å². The van der Waals surface area contributed by atoms with Crippen LogP contribution >= 0.6 is 0 Å². The van der Waals surface area contributed by atoms with Crippen LogP contribution in [0.25, 0.3) is 0 Å². The first-order valence-electron chi connectivity index (χ1n) is 5.58. The van der Waals surface area contributed by atoms with Crippen LogP contribution in [0.2, 0.25) is 0 Å². The van der Waals surface area contributed by atoms with Crippen molar-refractivity contribution in [3.8, 4) is 12.3 Å². The van der Waals surface area contributed by atoms with E-state index in [9.17, 15) is 8.42 Å². The van der Waals surface area contributed by atoms with Gasteiger partial charge in [0, 0.05) is 25.0 Å². The standard InChI is InChI=1S/C11H22N2O2S/c1-5-7-11(6-2)13-16(14,15)9-8-12-10(3)4/h1,10-13H,6-9H2,2-4H3. The van der Waals surface area contributed by atoms with Gasteiger partial charge in [-0.3, -0.25) is 0 Å². The predicted octanol–water partition coefficient (Wildman–Crippen LogP) is 0.706. The van der Waals surface area contributed by atoms with Crippen LogP contribution in [0, 0.1) is 12.3 Å². The molecule has 2 N–H and O–H groups in total. The Morgan fingerprint density at radius 2 is 2.00 bits per heavy atom. The van der Waals surface area contributed by atoms with Crippen molar-refractivity contribution in [2.24, 2.45) is 0 Å². The molecule has 0 aliphatic carbocycles. The summed E-state index contributed by atoms with van der Waals surface area (Å²) in [5.74, 6) is 2.56. The zero-order chi connectivity index (χ0) is 12.6. The highest BCUT2D eigenvalue weighted by Gasteiger charge is 2.15. The lowest BCUT2D eigenvalue weighted by molar-refractivity contribution is 0.537. The maximum Gasteiger partial charge on any atom is 0.213 e. The predicted molar refractivity (Wildman–Crippen MR) is 67.6 cm³/mol. The van der Waals surface area contributed by atoms with Crippen molar-refractivity contribution in [3.63, 3.8) is 0 Å². The van der Waals surface area contributed by atoms with Crippen molar-refractivity contribution in [1.82, 2.24) is 10.0 Å². The summed E-state index contributed by atoms with van der Waals surface area (Å²) in [6.45, 7) is 6.33. The molecule has 0 aliphatic heterocycles. The number of rotatable bonds is 8. The molecule has 0 bridgehead atoms. The number of sulfonamides is 1. The number of nitrogens with one attached hydrogen (secondary N) is 2. The van der Waals surface area contributed by atoms with Crippen molar-refractivity contribution in [2.45, 2.75) is 45.7 Å².